The van der Waals surface area contributed by atoms with Crippen molar-refractivity contribution in [1.82, 2.24) is 10.3 Å². The van der Waals surface area contributed by atoms with Crippen molar-refractivity contribution in [2.45, 2.75) is 32.6 Å². The van der Waals surface area contributed by atoms with Crippen LogP contribution in [0.1, 0.15) is 30.7 Å². The Morgan fingerprint density at radius 1 is 1.32 bits per heavy atom. The number of hydrogen-bond donors (Lipinski definition) is 2. The van der Waals surface area contributed by atoms with Gasteiger partial charge in [0.2, 0.25) is 0 Å². The first kappa shape index (κ1) is 19.3. The third-order valence-electron chi connectivity index (χ3n) is 3.61. The summed E-state index contributed by atoms with van der Waals surface area (Å²) < 4.78 is 4.62. The number of aromatic nitrogens is 1. The molecule has 0 spiro atoms. The lowest BCUT2D eigenvalue weighted by Gasteiger charge is -2.11. The molecule has 7 heteroatoms. The normalized spacial score (nSPS) is 10.3. The van der Waals surface area contributed by atoms with Gasteiger partial charge in [-0.25, -0.2) is 4.98 Å². The van der Waals surface area contributed by atoms with Crippen molar-refractivity contribution in [2.24, 2.45) is 0 Å². The number of methoxy groups -OCH3 is 1. The van der Waals surface area contributed by atoms with Gasteiger partial charge in [0.25, 0.3) is 0 Å². The van der Waals surface area contributed by atoms with E-state index in [4.69, 9.17) is 12.2 Å². The van der Waals surface area contributed by atoms with Crippen molar-refractivity contribution in [3.63, 3.8) is 0 Å². The summed E-state index contributed by atoms with van der Waals surface area (Å²) >= 11 is 6.97. The van der Waals surface area contributed by atoms with Gasteiger partial charge in [0.05, 0.1) is 17.8 Å². The minimum Gasteiger partial charge on any atom is -0.469 e. The van der Waals surface area contributed by atoms with Crippen LogP contribution in [0.25, 0.3) is 11.3 Å². The van der Waals surface area contributed by atoms with Crippen molar-refractivity contribution < 1.29 is 9.53 Å². The Balaban J connectivity index is 1.73. The molecule has 1 heterocycles. The summed E-state index contributed by atoms with van der Waals surface area (Å²) in [6, 6.07) is 8.05. The van der Waals surface area contributed by atoms with Gasteiger partial charge in [-0.05, 0) is 44.1 Å². The topological polar surface area (TPSA) is 63.2 Å². The van der Waals surface area contributed by atoms with Crippen LogP contribution >= 0.6 is 23.6 Å². The standard InChI is InChI=1S/C18H23N3O2S2/c1-13-20-16(12-25-13)14-7-6-8-15(11-14)21-18(24)19-10-5-3-4-9-17(22)23-2/h6-8,11-12H,3-5,9-10H2,1-2H3,(H2,19,21,24). The van der Waals surface area contributed by atoms with Gasteiger partial charge in [0, 0.05) is 29.6 Å². The Hall–Kier alpha value is -1.99. The molecule has 0 saturated heterocycles. The summed E-state index contributed by atoms with van der Waals surface area (Å²) in [6.45, 7) is 2.78. The summed E-state index contributed by atoms with van der Waals surface area (Å²) in [5, 5.41) is 10.1. The molecule has 0 amide bonds. The number of thiocarbonyl (C=S) groups is 1. The first-order chi connectivity index (χ1) is 12.1. The predicted octanol–water partition coefficient (Wildman–Crippen LogP) is 4.14. The molecule has 0 saturated carbocycles. The molecule has 0 unspecified atom stereocenters. The van der Waals surface area contributed by atoms with Crippen molar-refractivity contribution in [3.8, 4) is 11.3 Å². The number of ether oxygens (including phenoxy) is 1. The van der Waals surface area contributed by atoms with E-state index >= 15 is 0 Å². The van der Waals surface area contributed by atoms with E-state index in [9.17, 15) is 4.79 Å². The van der Waals surface area contributed by atoms with E-state index in [0.29, 0.717) is 11.5 Å². The van der Waals surface area contributed by atoms with E-state index in [-0.39, 0.29) is 5.97 Å². The molecular formula is C18H23N3O2S2. The van der Waals surface area contributed by atoms with E-state index in [1.807, 2.05) is 31.2 Å². The molecule has 25 heavy (non-hydrogen) atoms. The molecule has 0 radical (unpaired) electrons. The maximum absolute atomic E-state index is 11.0. The van der Waals surface area contributed by atoms with Gasteiger partial charge >= 0.3 is 5.97 Å². The Morgan fingerprint density at radius 3 is 2.88 bits per heavy atom. The van der Waals surface area contributed by atoms with Gasteiger partial charge in [-0.15, -0.1) is 11.3 Å². The largest absolute Gasteiger partial charge is 0.469 e. The van der Waals surface area contributed by atoms with Gasteiger partial charge in [-0.2, -0.15) is 0 Å². The highest BCUT2D eigenvalue weighted by Crippen LogP contribution is 2.24. The second-order valence-electron chi connectivity index (χ2n) is 5.60. The molecule has 0 atom stereocenters. The summed E-state index contributed by atoms with van der Waals surface area (Å²) in [5.41, 5.74) is 2.99. The van der Waals surface area contributed by atoms with Crippen LogP contribution < -0.4 is 10.6 Å². The van der Waals surface area contributed by atoms with Crippen LogP contribution in [0.3, 0.4) is 0 Å². The van der Waals surface area contributed by atoms with Crippen LogP contribution in [0.2, 0.25) is 0 Å². The van der Waals surface area contributed by atoms with Gasteiger partial charge in [-0.1, -0.05) is 18.6 Å². The van der Waals surface area contributed by atoms with Crippen LogP contribution in [0.15, 0.2) is 29.6 Å². The maximum Gasteiger partial charge on any atom is 0.305 e. The fourth-order valence-corrected chi connectivity index (χ4v) is 3.14. The van der Waals surface area contributed by atoms with Crippen molar-refractivity contribution in [3.05, 3.63) is 34.7 Å². The minimum atomic E-state index is -0.152. The molecule has 0 bridgehead atoms. The average Bonchev–Trinajstić information content (AvgIpc) is 3.04. The third-order valence-corrected chi connectivity index (χ3v) is 4.63. The second kappa shape index (κ2) is 10.1. The molecule has 0 fully saturated rings. The quantitative estimate of drug-likeness (QED) is 0.410. The fraction of sp³-hybridized carbons (Fsp3) is 0.389. The number of aryl methyl sites for hydroxylation is 1. The van der Waals surface area contributed by atoms with Crippen LogP contribution in [-0.4, -0.2) is 29.7 Å². The van der Waals surface area contributed by atoms with E-state index < -0.39 is 0 Å². The first-order valence-corrected chi connectivity index (χ1v) is 9.51. The van der Waals surface area contributed by atoms with E-state index in [2.05, 4.69) is 25.7 Å². The predicted molar refractivity (Wildman–Crippen MR) is 107 cm³/mol. The summed E-state index contributed by atoms with van der Waals surface area (Å²) in [5.74, 6) is -0.152. The Bertz CT molecular complexity index is 716. The van der Waals surface area contributed by atoms with E-state index in [1.165, 1.54) is 7.11 Å². The third kappa shape index (κ3) is 6.80. The summed E-state index contributed by atoms with van der Waals surface area (Å²) in [6.07, 6.45) is 3.23. The smallest absolute Gasteiger partial charge is 0.305 e. The van der Waals surface area contributed by atoms with Crippen LogP contribution in [-0.2, 0) is 9.53 Å². The molecular weight excluding hydrogens is 354 g/mol. The van der Waals surface area contributed by atoms with Gasteiger partial charge in [-0.3, -0.25) is 4.79 Å². The Morgan fingerprint density at radius 2 is 2.16 bits per heavy atom. The number of rotatable bonds is 8. The molecule has 134 valence electrons. The SMILES string of the molecule is COC(=O)CCCCCNC(=S)Nc1cccc(-c2csc(C)n2)c1. The number of nitrogens with zero attached hydrogens (tertiary/aromatic N) is 1. The molecule has 0 aliphatic heterocycles. The highest BCUT2D eigenvalue weighted by atomic mass is 32.1. The number of thiazole rings is 1. The highest BCUT2D eigenvalue weighted by molar-refractivity contribution is 7.80. The zero-order valence-corrected chi connectivity index (χ0v) is 16.1. The number of esters is 1. The van der Waals surface area contributed by atoms with Crippen molar-refractivity contribution in [2.75, 3.05) is 19.0 Å². The Kier molecular flexibility index (Phi) is 7.81. The zero-order valence-electron chi connectivity index (χ0n) is 14.5. The van der Waals surface area contributed by atoms with E-state index in [0.717, 1.165) is 47.8 Å². The molecule has 2 rings (SSSR count). The molecule has 0 aliphatic rings. The second-order valence-corrected chi connectivity index (χ2v) is 7.07. The van der Waals surface area contributed by atoms with Crippen molar-refractivity contribution >= 4 is 40.3 Å². The van der Waals surface area contributed by atoms with Gasteiger partial charge in [0.1, 0.15) is 0 Å². The lowest BCUT2D eigenvalue weighted by atomic mass is 10.1. The number of hydrogen-bond acceptors (Lipinski definition) is 5. The number of carbonyl (C=O) groups is 1. The molecule has 1 aromatic heterocycles. The first-order valence-electron chi connectivity index (χ1n) is 8.22. The molecule has 1 aromatic carbocycles. The zero-order chi connectivity index (χ0) is 18.1. The van der Waals surface area contributed by atoms with Crippen LogP contribution in [0.4, 0.5) is 5.69 Å². The molecule has 5 nitrogen and oxygen atoms in total. The van der Waals surface area contributed by atoms with Crippen LogP contribution in [0.5, 0.6) is 0 Å². The summed E-state index contributed by atoms with van der Waals surface area (Å²) in [4.78, 5) is 15.5. The monoisotopic (exact) mass is 377 g/mol. The number of unbranched alkanes of at least 4 members (excludes halogenated alkanes) is 2. The van der Waals surface area contributed by atoms with Crippen molar-refractivity contribution in [1.29, 1.82) is 0 Å². The van der Waals surface area contributed by atoms with E-state index in [1.54, 1.807) is 11.3 Å². The number of anilines is 1. The molecule has 2 aromatic rings. The lowest BCUT2D eigenvalue weighted by molar-refractivity contribution is -0.140. The lowest BCUT2D eigenvalue weighted by Crippen LogP contribution is -2.29. The number of benzene rings is 1. The van der Waals surface area contributed by atoms with Gasteiger partial charge in [0.15, 0.2) is 5.11 Å². The molecule has 0 aliphatic carbocycles. The molecule has 2 N–H and O–H groups in total. The summed E-state index contributed by atoms with van der Waals surface area (Å²) in [7, 11) is 1.42. The maximum atomic E-state index is 11.0. The highest BCUT2D eigenvalue weighted by Gasteiger charge is 2.04. The number of nitrogens with one attached hydrogen (secondary N) is 2. The number of carbonyl (C=O) groups excluding carboxylic acids is 1. The van der Waals surface area contributed by atoms with Crippen LogP contribution in [0, 0.1) is 6.92 Å². The average molecular weight is 378 g/mol. The Labute approximate surface area is 157 Å². The minimum absolute atomic E-state index is 0.152. The van der Waals surface area contributed by atoms with Gasteiger partial charge < -0.3 is 15.4 Å². The fourth-order valence-electron chi connectivity index (χ4n) is 2.30.